The fourth-order valence-electron chi connectivity index (χ4n) is 2.08. The lowest BCUT2D eigenvalue weighted by atomic mass is 9.95. The Morgan fingerprint density at radius 2 is 2.21 bits per heavy atom. The van der Waals surface area contributed by atoms with Gasteiger partial charge in [0, 0.05) is 25.6 Å². The first kappa shape index (κ1) is 14.6. The van der Waals surface area contributed by atoms with Crippen LogP contribution < -0.4 is 10.6 Å². The summed E-state index contributed by atoms with van der Waals surface area (Å²) in [4.78, 5) is 12.1. The Balaban J connectivity index is 1.90. The summed E-state index contributed by atoms with van der Waals surface area (Å²) < 4.78 is 38.6. The van der Waals surface area contributed by atoms with Crippen molar-refractivity contribution in [3.05, 3.63) is 21.3 Å². The molecule has 1 aliphatic rings. The Morgan fingerprint density at radius 1 is 1.47 bits per heavy atom. The molecule has 3 nitrogen and oxygen atoms in total. The van der Waals surface area contributed by atoms with Crippen molar-refractivity contribution >= 4 is 28.8 Å². The summed E-state index contributed by atoms with van der Waals surface area (Å²) in [6, 6.07) is 3.13. The van der Waals surface area contributed by atoms with E-state index in [0.29, 0.717) is 9.21 Å². The summed E-state index contributed by atoms with van der Waals surface area (Å²) in [7, 11) is 0. The first-order chi connectivity index (χ1) is 8.88. The van der Waals surface area contributed by atoms with Gasteiger partial charge in [-0.3, -0.25) is 4.79 Å². The molecule has 106 valence electrons. The number of carbonyl (C=O) groups excluding carboxylic acids is 1. The predicted octanol–water partition coefficient (Wildman–Crippen LogP) is 2.53. The molecular weight excluding hydrogens is 301 g/mol. The molecule has 2 N–H and O–H groups in total. The minimum absolute atomic E-state index is 0.00549. The number of thiophene rings is 1. The van der Waals surface area contributed by atoms with Crippen molar-refractivity contribution < 1.29 is 18.0 Å². The molecule has 1 fully saturated rings. The number of hydrogen-bond donors (Lipinski definition) is 2. The van der Waals surface area contributed by atoms with Crippen LogP contribution in [0.2, 0.25) is 4.34 Å². The highest BCUT2D eigenvalue weighted by Gasteiger charge is 2.46. The third-order valence-electron chi connectivity index (χ3n) is 3.08. The van der Waals surface area contributed by atoms with Gasteiger partial charge in [0.1, 0.15) is 0 Å². The minimum atomic E-state index is -4.23. The maximum Gasteiger partial charge on any atom is 0.393 e. The smallest absolute Gasteiger partial charge is 0.351 e. The third-order valence-corrected chi connectivity index (χ3v) is 4.31. The quantitative estimate of drug-likeness (QED) is 0.900. The Kier molecular flexibility index (Phi) is 4.37. The molecule has 0 unspecified atom stereocenters. The Morgan fingerprint density at radius 3 is 2.79 bits per heavy atom. The van der Waals surface area contributed by atoms with Gasteiger partial charge in [-0.25, -0.2) is 0 Å². The van der Waals surface area contributed by atoms with Crippen LogP contribution in [0.25, 0.3) is 0 Å². The molecule has 19 heavy (non-hydrogen) atoms. The molecule has 1 saturated heterocycles. The van der Waals surface area contributed by atoms with Gasteiger partial charge < -0.3 is 10.6 Å². The van der Waals surface area contributed by atoms with E-state index in [1.165, 1.54) is 0 Å². The molecule has 2 atom stereocenters. The number of nitrogens with one attached hydrogen (secondary N) is 2. The zero-order valence-electron chi connectivity index (χ0n) is 9.76. The highest BCUT2D eigenvalue weighted by molar-refractivity contribution is 7.17. The average Bonchev–Trinajstić information content (AvgIpc) is 2.93. The molecule has 0 aromatic carbocycles. The summed E-state index contributed by atoms with van der Waals surface area (Å²) in [6.45, 7) is 0.177. The number of hydrogen-bond acceptors (Lipinski definition) is 3. The van der Waals surface area contributed by atoms with Crippen LogP contribution in [-0.2, 0) is 0 Å². The van der Waals surface area contributed by atoms with Gasteiger partial charge in [0.2, 0.25) is 0 Å². The minimum Gasteiger partial charge on any atom is -0.351 e. The molecule has 1 aromatic heterocycles. The normalized spacial score (nSPS) is 23.6. The number of carbonyl (C=O) groups is 1. The van der Waals surface area contributed by atoms with Crippen LogP contribution >= 0.6 is 22.9 Å². The fraction of sp³-hybridized carbons (Fsp3) is 0.545. The molecule has 0 bridgehead atoms. The van der Waals surface area contributed by atoms with Crippen molar-refractivity contribution in [2.75, 3.05) is 19.6 Å². The lowest BCUT2D eigenvalue weighted by molar-refractivity contribution is -0.178. The highest BCUT2D eigenvalue weighted by atomic mass is 35.5. The molecular formula is C11H12ClF3N2OS. The summed E-state index contributed by atoms with van der Waals surface area (Å²) in [5.41, 5.74) is 0. The SMILES string of the molecule is O=C(NC[C@H]1CNC[C@H]1C(F)(F)F)c1ccc(Cl)s1. The molecule has 2 heterocycles. The van der Waals surface area contributed by atoms with E-state index in [9.17, 15) is 18.0 Å². The zero-order valence-corrected chi connectivity index (χ0v) is 11.3. The molecule has 2 rings (SSSR count). The van der Waals surface area contributed by atoms with Gasteiger partial charge in [0.25, 0.3) is 5.91 Å². The third kappa shape index (κ3) is 3.61. The second kappa shape index (κ2) is 5.68. The van der Waals surface area contributed by atoms with Crippen molar-refractivity contribution in [1.29, 1.82) is 0 Å². The average molecular weight is 313 g/mol. The molecule has 1 amide bonds. The fourth-order valence-corrected chi connectivity index (χ4v) is 3.04. The first-order valence-corrected chi connectivity index (χ1v) is 6.88. The first-order valence-electron chi connectivity index (χ1n) is 5.69. The summed E-state index contributed by atoms with van der Waals surface area (Å²) >= 11 is 6.79. The standard InChI is InChI=1S/C11H12ClF3N2OS/c12-9-2-1-8(19-9)10(18)17-4-6-3-16-5-7(6)11(13,14)15/h1-2,6-7,16H,3-5H2,(H,17,18)/t6-,7-/m1/s1. The Labute approximate surface area is 117 Å². The Bertz CT molecular complexity index is 463. The van der Waals surface area contributed by atoms with Crippen molar-refractivity contribution in [2.24, 2.45) is 11.8 Å². The molecule has 0 aliphatic carbocycles. The van der Waals surface area contributed by atoms with E-state index in [0.717, 1.165) is 11.3 Å². The Hall–Kier alpha value is -0.790. The van der Waals surface area contributed by atoms with Crippen molar-refractivity contribution in [1.82, 2.24) is 10.6 Å². The zero-order chi connectivity index (χ0) is 14.0. The molecule has 0 radical (unpaired) electrons. The predicted molar refractivity (Wildman–Crippen MR) is 67.6 cm³/mol. The molecule has 1 aromatic rings. The van der Waals surface area contributed by atoms with Gasteiger partial charge in [0.15, 0.2) is 0 Å². The van der Waals surface area contributed by atoms with Crippen LogP contribution in [0.4, 0.5) is 13.2 Å². The van der Waals surface area contributed by atoms with E-state index in [1.54, 1.807) is 12.1 Å². The number of alkyl halides is 3. The van der Waals surface area contributed by atoms with E-state index in [2.05, 4.69) is 10.6 Å². The number of amides is 1. The van der Waals surface area contributed by atoms with Crippen LogP contribution in [0.5, 0.6) is 0 Å². The van der Waals surface area contributed by atoms with Gasteiger partial charge in [-0.2, -0.15) is 13.2 Å². The van der Waals surface area contributed by atoms with E-state index in [1.807, 2.05) is 0 Å². The molecule has 1 aliphatic heterocycles. The monoisotopic (exact) mass is 312 g/mol. The second-order valence-corrected chi connectivity index (χ2v) is 6.10. The van der Waals surface area contributed by atoms with Crippen molar-refractivity contribution in [2.45, 2.75) is 6.18 Å². The van der Waals surface area contributed by atoms with Crippen molar-refractivity contribution in [3.8, 4) is 0 Å². The van der Waals surface area contributed by atoms with Gasteiger partial charge in [-0.1, -0.05) is 11.6 Å². The van der Waals surface area contributed by atoms with E-state index < -0.39 is 18.0 Å². The maximum atomic E-state index is 12.7. The van der Waals surface area contributed by atoms with Gasteiger partial charge in [-0.05, 0) is 12.1 Å². The second-order valence-electron chi connectivity index (χ2n) is 4.38. The van der Waals surface area contributed by atoms with Crippen LogP contribution in [-0.4, -0.2) is 31.7 Å². The molecule has 0 spiro atoms. The lowest BCUT2D eigenvalue weighted by Gasteiger charge is -2.21. The van der Waals surface area contributed by atoms with E-state index in [-0.39, 0.29) is 25.5 Å². The van der Waals surface area contributed by atoms with Crippen LogP contribution in [0.3, 0.4) is 0 Å². The van der Waals surface area contributed by atoms with E-state index in [4.69, 9.17) is 11.6 Å². The molecule has 0 saturated carbocycles. The lowest BCUT2D eigenvalue weighted by Crippen LogP contribution is -2.37. The number of halogens is 4. The highest BCUT2D eigenvalue weighted by Crippen LogP contribution is 2.34. The van der Waals surface area contributed by atoms with Gasteiger partial charge in [0.05, 0.1) is 15.1 Å². The van der Waals surface area contributed by atoms with Gasteiger partial charge in [-0.15, -0.1) is 11.3 Å². The van der Waals surface area contributed by atoms with Crippen LogP contribution in [0.1, 0.15) is 9.67 Å². The summed E-state index contributed by atoms with van der Waals surface area (Å²) in [5, 5.41) is 5.24. The topological polar surface area (TPSA) is 41.1 Å². The van der Waals surface area contributed by atoms with Crippen molar-refractivity contribution in [3.63, 3.8) is 0 Å². The van der Waals surface area contributed by atoms with Crippen LogP contribution in [0.15, 0.2) is 12.1 Å². The summed E-state index contributed by atoms with van der Waals surface area (Å²) in [5.74, 6) is -2.41. The largest absolute Gasteiger partial charge is 0.393 e. The summed E-state index contributed by atoms with van der Waals surface area (Å²) in [6.07, 6.45) is -4.23. The van der Waals surface area contributed by atoms with Gasteiger partial charge >= 0.3 is 6.18 Å². The molecule has 8 heteroatoms. The number of rotatable bonds is 3. The van der Waals surface area contributed by atoms with E-state index >= 15 is 0 Å². The maximum absolute atomic E-state index is 12.7. The van der Waals surface area contributed by atoms with Crippen LogP contribution in [0, 0.1) is 11.8 Å².